The van der Waals surface area contributed by atoms with Gasteiger partial charge in [-0.15, -0.1) is 0 Å². The predicted octanol–water partition coefficient (Wildman–Crippen LogP) is 2.69. The molecule has 0 unspecified atom stereocenters. The zero-order chi connectivity index (χ0) is 10.5. The molecule has 15 heavy (non-hydrogen) atoms. The maximum Gasteiger partial charge on any atom is 0.129 e. The van der Waals surface area contributed by atoms with Crippen molar-refractivity contribution >= 4 is 5.82 Å². The number of rotatable bonds is 6. The highest BCUT2D eigenvalue weighted by molar-refractivity contribution is 5.40. The second-order valence-corrected chi connectivity index (χ2v) is 4.06. The third-order valence-electron chi connectivity index (χ3n) is 2.47. The quantitative estimate of drug-likeness (QED) is 0.777. The second-order valence-electron chi connectivity index (χ2n) is 4.06. The molecular formula is C12H18N2O. The Bertz CT molecular complexity index is 310. The Morgan fingerprint density at radius 1 is 1.53 bits per heavy atom. The Balaban J connectivity index is 1.85. The van der Waals surface area contributed by atoms with Gasteiger partial charge >= 0.3 is 0 Å². The molecule has 0 spiro atoms. The summed E-state index contributed by atoms with van der Waals surface area (Å²) < 4.78 is 5.67. The summed E-state index contributed by atoms with van der Waals surface area (Å²) >= 11 is 0. The molecule has 1 N–H and O–H groups in total. The van der Waals surface area contributed by atoms with Crippen molar-refractivity contribution in [2.24, 2.45) is 5.92 Å². The summed E-state index contributed by atoms with van der Waals surface area (Å²) in [5.74, 6) is 2.63. The van der Waals surface area contributed by atoms with Crippen LogP contribution < -0.4 is 10.1 Å². The third-order valence-corrected chi connectivity index (χ3v) is 2.47. The predicted molar refractivity (Wildman–Crippen MR) is 61.2 cm³/mol. The number of hydrogen-bond donors (Lipinski definition) is 1. The van der Waals surface area contributed by atoms with E-state index in [1.54, 1.807) is 6.20 Å². The van der Waals surface area contributed by atoms with Crippen LogP contribution in [-0.4, -0.2) is 18.1 Å². The Labute approximate surface area is 90.9 Å². The minimum Gasteiger partial charge on any atom is -0.493 e. The van der Waals surface area contributed by atoms with Crippen molar-refractivity contribution in [2.75, 3.05) is 18.5 Å². The minimum absolute atomic E-state index is 0.796. The highest BCUT2D eigenvalue weighted by Crippen LogP contribution is 2.29. The molecule has 1 fully saturated rings. The first-order valence-electron chi connectivity index (χ1n) is 5.71. The lowest BCUT2D eigenvalue weighted by atomic mass is 10.4. The fourth-order valence-electron chi connectivity index (χ4n) is 1.35. The molecule has 1 saturated carbocycles. The summed E-state index contributed by atoms with van der Waals surface area (Å²) in [5.41, 5.74) is 0. The molecule has 0 saturated heterocycles. The lowest BCUT2D eigenvalue weighted by molar-refractivity contribution is 0.299. The molecular weight excluding hydrogens is 188 g/mol. The summed E-state index contributed by atoms with van der Waals surface area (Å²) in [6, 6.07) is 3.89. The van der Waals surface area contributed by atoms with Crippen molar-refractivity contribution < 1.29 is 4.74 Å². The molecule has 0 amide bonds. The van der Waals surface area contributed by atoms with Gasteiger partial charge in [0, 0.05) is 18.8 Å². The normalized spacial score (nSPS) is 15.0. The van der Waals surface area contributed by atoms with Crippen molar-refractivity contribution in [3.8, 4) is 5.75 Å². The summed E-state index contributed by atoms with van der Waals surface area (Å²) in [7, 11) is 0. The molecule has 3 heteroatoms. The molecule has 0 aliphatic heterocycles. The van der Waals surface area contributed by atoms with E-state index in [1.807, 2.05) is 12.1 Å². The largest absolute Gasteiger partial charge is 0.493 e. The van der Waals surface area contributed by atoms with Gasteiger partial charge in [0.2, 0.25) is 0 Å². The van der Waals surface area contributed by atoms with E-state index in [4.69, 9.17) is 4.74 Å². The van der Waals surface area contributed by atoms with Crippen molar-refractivity contribution in [1.82, 2.24) is 4.98 Å². The molecule has 82 valence electrons. The van der Waals surface area contributed by atoms with E-state index in [2.05, 4.69) is 17.2 Å². The van der Waals surface area contributed by atoms with E-state index in [0.29, 0.717) is 0 Å². The lowest BCUT2D eigenvalue weighted by Crippen LogP contribution is -2.03. The maximum atomic E-state index is 5.67. The van der Waals surface area contributed by atoms with Gasteiger partial charge in [0.05, 0.1) is 6.61 Å². The molecule has 0 atom stereocenters. The van der Waals surface area contributed by atoms with Gasteiger partial charge in [0.15, 0.2) is 0 Å². The SMILES string of the molecule is CCCNc1cc(OCC2CC2)ccn1. The van der Waals surface area contributed by atoms with Crippen LogP contribution in [0.2, 0.25) is 0 Å². The van der Waals surface area contributed by atoms with E-state index in [-0.39, 0.29) is 0 Å². The smallest absolute Gasteiger partial charge is 0.129 e. The second kappa shape index (κ2) is 5.01. The fourth-order valence-corrected chi connectivity index (χ4v) is 1.35. The van der Waals surface area contributed by atoms with E-state index in [0.717, 1.165) is 37.1 Å². The van der Waals surface area contributed by atoms with Gasteiger partial charge in [-0.05, 0) is 31.2 Å². The number of aromatic nitrogens is 1. The van der Waals surface area contributed by atoms with Crippen molar-refractivity contribution in [3.63, 3.8) is 0 Å². The average molecular weight is 206 g/mol. The van der Waals surface area contributed by atoms with Gasteiger partial charge < -0.3 is 10.1 Å². The highest BCUT2D eigenvalue weighted by Gasteiger charge is 2.21. The molecule has 3 nitrogen and oxygen atoms in total. The Morgan fingerprint density at radius 3 is 3.13 bits per heavy atom. The van der Waals surface area contributed by atoms with E-state index < -0.39 is 0 Å². The van der Waals surface area contributed by atoms with Gasteiger partial charge in [0.25, 0.3) is 0 Å². The third kappa shape index (κ3) is 3.42. The molecule has 1 aromatic heterocycles. The number of pyridine rings is 1. The van der Waals surface area contributed by atoms with Crippen LogP contribution in [0.5, 0.6) is 5.75 Å². The summed E-state index contributed by atoms with van der Waals surface area (Å²) in [6.45, 7) is 3.96. The van der Waals surface area contributed by atoms with Crippen LogP contribution in [0.1, 0.15) is 26.2 Å². The molecule has 2 rings (SSSR count). The van der Waals surface area contributed by atoms with Crippen LogP contribution in [0.25, 0.3) is 0 Å². The van der Waals surface area contributed by atoms with E-state index in [1.165, 1.54) is 12.8 Å². The van der Waals surface area contributed by atoms with Crippen LogP contribution in [0.15, 0.2) is 18.3 Å². The molecule has 1 aliphatic carbocycles. The maximum absolute atomic E-state index is 5.67. The topological polar surface area (TPSA) is 34.1 Å². The Kier molecular flexibility index (Phi) is 3.43. The van der Waals surface area contributed by atoms with Crippen molar-refractivity contribution in [2.45, 2.75) is 26.2 Å². The summed E-state index contributed by atoms with van der Waals surface area (Å²) in [4.78, 5) is 4.23. The fraction of sp³-hybridized carbons (Fsp3) is 0.583. The Hall–Kier alpha value is -1.25. The first-order chi connectivity index (χ1) is 7.38. The van der Waals surface area contributed by atoms with Crippen LogP contribution in [-0.2, 0) is 0 Å². The van der Waals surface area contributed by atoms with Crippen LogP contribution in [0, 0.1) is 5.92 Å². The number of nitrogens with one attached hydrogen (secondary N) is 1. The van der Waals surface area contributed by atoms with Crippen molar-refractivity contribution in [1.29, 1.82) is 0 Å². The number of nitrogens with zero attached hydrogens (tertiary/aromatic N) is 1. The zero-order valence-electron chi connectivity index (χ0n) is 9.20. The standard InChI is InChI=1S/C12H18N2O/c1-2-6-13-12-8-11(5-7-14-12)15-9-10-3-4-10/h5,7-8,10H,2-4,6,9H2,1H3,(H,13,14). The van der Waals surface area contributed by atoms with Crippen LogP contribution >= 0.6 is 0 Å². The van der Waals surface area contributed by atoms with Crippen molar-refractivity contribution in [3.05, 3.63) is 18.3 Å². The first-order valence-corrected chi connectivity index (χ1v) is 5.71. The van der Waals surface area contributed by atoms with Gasteiger partial charge in [-0.2, -0.15) is 0 Å². The van der Waals surface area contributed by atoms with Gasteiger partial charge in [-0.3, -0.25) is 0 Å². The summed E-state index contributed by atoms with van der Waals surface area (Å²) in [6.07, 6.45) is 5.55. The van der Waals surface area contributed by atoms with Crippen LogP contribution in [0.3, 0.4) is 0 Å². The first kappa shape index (κ1) is 10.3. The van der Waals surface area contributed by atoms with Gasteiger partial charge in [-0.1, -0.05) is 6.92 Å². The van der Waals surface area contributed by atoms with E-state index >= 15 is 0 Å². The van der Waals surface area contributed by atoms with E-state index in [9.17, 15) is 0 Å². The summed E-state index contributed by atoms with van der Waals surface area (Å²) in [5, 5.41) is 3.25. The number of hydrogen-bond acceptors (Lipinski definition) is 3. The molecule has 1 heterocycles. The zero-order valence-corrected chi connectivity index (χ0v) is 9.20. The molecule has 1 aromatic rings. The number of anilines is 1. The molecule has 0 bridgehead atoms. The Morgan fingerprint density at radius 2 is 2.40 bits per heavy atom. The molecule has 1 aliphatic rings. The molecule has 0 radical (unpaired) electrons. The lowest BCUT2D eigenvalue weighted by Gasteiger charge is -2.07. The minimum atomic E-state index is 0.796. The van der Waals surface area contributed by atoms with Gasteiger partial charge in [-0.25, -0.2) is 4.98 Å². The highest BCUT2D eigenvalue weighted by atomic mass is 16.5. The molecule has 0 aromatic carbocycles. The van der Waals surface area contributed by atoms with Crippen LogP contribution in [0.4, 0.5) is 5.82 Å². The average Bonchev–Trinajstić information content (AvgIpc) is 3.08. The monoisotopic (exact) mass is 206 g/mol. The van der Waals surface area contributed by atoms with Gasteiger partial charge in [0.1, 0.15) is 11.6 Å². The number of ether oxygens (including phenoxy) is 1.